The third kappa shape index (κ3) is 4.77. The van der Waals surface area contributed by atoms with E-state index < -0.39 is 0 Å². The van der Waals surface area contributed by atoms with Crippen LogP contribution in [0, 0.1) is 6.92 Å². The van der Waals surface area contributed by atoms with Crippen LogP contribution in [0.1, 0.15) is 11.1 Å². The zero-order valence-electron chi connectivity index (χ0n) is 18.0. The van der Waals surface area contributed by atoms with Crippen LogP contribution in [0.2, 0.25) is 0 Å². The predicted molar refractivity (Wildman–Crippen MR) is 123 cm³/mol. The lowest BCUT2D eigenvalue weighted by molar-refractivity contribution is 0.291. The zero-order valence-corrected chi connectivity index (χ0v) is 18.0. The number of aliphatic hydroxyl groups is 1. The van der Waals surface area contributed by atoms with Crippen molar-refractivity contribution in [2.75, 3.05) is 25.6 Å². The number of pyridine rings is 1. The predicted octanol–water partition coefficient (Wildman–Crippen LogP) is 3.94. The summed E-state index contributed by atoms with van der Waals surface area (Å²) in [6.45, 7) is 3.10. The summed E-state index contributed by atoms with van der Waals surface area (Å²) in [5.74, 6) is 0.953. The van der Waals surface area contributed by atoms with Crippen molar-refractivity contribution in [3.05, 3.63) is 71.9 Å². The molecule has 0 unspecified atom stereocenters. The SMILES string of the molecule is COc1ncc(Nc2nnc(-c3cccc(-c4ccccc4)c3C)o2)cc1CNCCO. The van der Waals surface area contributed by atoms with E-state index >= 15 is 0 Å². The first-order chi connectivity index (χ1) is 15.7. The van der Waals surface area contributed by atoms with Crippen molar-refractivity contribution in [2.24, 2.45) is 0 Å². The molecule has 4 rings (SSSR count). The molecule has 0 aliphatic rings. The Balaban J connectivity index is 1.56. The minimum absolute atomic E-state index is 0.0589. The van der Waals surface area contributed by atoms with Gasteiger partial charge < -0.3 is 24.9 Å². The molecule has 2 aromatic heterocycles. The molecule has 8 heteroatoms. The Bertz CT molecular complexity index is 1180. The van der Waals surface area contributed by atoms with E-state index in [1.165, 1.54) is 0 Å². The molecule has 2 aromatic carbocycles. The van der Waals surface area contributed by atoms with E-state index in [1.807, 2.05) is 43.3 Å². The summed E-state index contributed by atoms with van der Waals surface area (Å²) >= 11 is 0. The van der Waals surface area contributed by atoms with Gasteiger partial charge in [-0.3, -0.25) is 0 Å². The van der Waals surface area contributed by atoms with Gasteiger partial charge in [-0.15, -0.1) is 5.10 Å². The standard InChI is InChI=1S/C24H25N5O3/c1-16-20(17-7-4-3-5-8-17)9-6-10-21(16)23-28-29-24(32-23)27-19-13-18(14-25-11-12-30)22(31-2)26-15-19/h3-10,13,15,25,30H,11-12,14H2,1-2H3,(H,27,29). The number of methoxy groups -OCH3 is 1. The Morgan fingerprint density at radius 3 is 2.62 bits per heavy atom. The summed E-state index contributed by atoms with van der Waals surface area (Å²) < 4.78 is 11.2. The molecule has 164 valence electrons. The molecule has 0 radical (unpaired) electrons. The van der Waals surface area contributed by atoms with E-state index in [-0.39, 0.29) is 12.6 Å². The number of rotatable bonds is 9. The molecule has 0 saturated carbocycles. The maximum Gasteiger partial charge on any atom is 0.320 e. The first-order valence-corrected chi connectivity index (χ1v) is 10.3. The summed E-state index contributed by atoms with van der Waals surface area (Å²) in [6, 6.07) is 18.4. The van der Waals surface area contributed by atoms with Gasteiger partial charge in [0, 0.05) is 24.2 Å². The second-order valence-corrected chi connectivity index (χ2v) is 7.17. The van der Waals surface area contributed by atoms with Gasteiger partial charge in [0.2, 0.25) is 11.8 Å². The molecule has 4 aromatic rings. The number of ether oxygens (including phenoxy) is 1. The summed E-state index contributed by atoms with van der Waals surface area (Å²) in [7, 11) is 1.57. The Morgan fingerprint density at radius 1 is 1.03 bits per heavy atom. The topological polar surface area (TPSA) is 105 Å². The van der Waals surface area contributed by atoms with Gasteiger partial charge in [-0.2, -0.15) is 0 Å². The van der Waals surface area contributed by atoms with Crippen molar-refractivity contribution in [2.45, 2.75) is 13.5 Å². The molecule has 3 N–H and O–H groups in total. The van der Waals surface area contributed by atoms with Crippen LogP contribution in [0.5, 0.6) is 5.88 Å². The number of benzene rings is 2. The fraction of sp³-hybridized carbons (Fsp3) is 0.208. The Morgan fingerprint density at radius 2 is 1.84 bits per heavy atom. The Kier molecular flexibility index (Phi) is 6.74. The summed E-state index contributed by atoms with van der Waals surface area (Å²) in [4.78, 5) is 4.32. The number of aliphatic hydroxyl groups excluding tert-OH is 1. The first kappa shape index (κ1) is 21.5. The molecule has 8 nitrogen and oxygen atoms in total. The molecule has 2 heterocycles. The smallest absolute Gasteiger partial charge is 0.320 e. The highest BCUT2D eigenvalue weighted by Gasteiger charge is 2.15. The van der Waals surface area contributed by atoms with Crippen LogP contribution in [-0.2, 0) is 6.54 Å². The van der Waals surface area contributed by atoms with Gasteiger partial charge in [0.25, 0.3) is 0 Å². The molecule has 32 heavy (non-hydrogen) atoms. The number of aromatic nitrogens is 3. The van der Waals surface area contributed by atoms with Crippen LogP contribution in [0.3, 0.4) is 0 Å². The second kappa shape index (κ2) is 10.0. The van der Waals surface area contributed by atoms with E-state index in [0.717, 1.165) is 27.8 Å². The largest absolute Gasteiger partial charge is 0.481 e. The van der Waals surface area contributed by atoms with Gasteiger partial charge in [-0.05, 0) is 35.7 Å². The van der Waals surface area contributed by atoms with Crippen LogP contribution in [0.15, 0.2) is 65.2 Å². The van der Waals surface area contributed by atoms with Crippen molar-refractivity contribution in [3.63, 3.8) is 0 Å². The highest BCUT2D eigenvalue weighted by Crippen LogP contribution is 2.32. The fourth-order valence-electron chi connectivity index (χ4n) is 3.48. The van der Waals surface area contributed by atoms with E-state index in [0.29, 0.717) is 30.5 Å². The van der Waals surface area contributed by atoms with Gasteiger partial charge in [-0.25, -0.2) is 4.98 Å². The van der Waals surface area contributed by atoms with Crippen molar-refractivity contribution >= 4 is 11.7 Å². The van der Waals surface area contributed by atoms with Gasteiger partial charge in [0.15, 0.2) is 0 Å². The zero-order chi connectivity index (χ0) is 22.3. The maximum atomic E-state index is 8.97. The monoisotopic (exact) mass is 431 g/mol. The highest BCUT2D eigenvalue weighted by atomic mass is 16.5. The van der Waals surface area contributed by atoms with Crippen LogP contribution in [-0.4, -0.2) is 40.5 Å². The van der Waals surface area contributed by atoms with Crippen LogP contribution < -0.4 is 15.4 Å². The molecular weight excluding hydrogens is 406 g/mol. The van der Waals surface area contributed by atoms with Crippen LogP contribution in [0.25, 0.3) is 22.6 Å². The minimum Gasteiger partial charge on any atom is -0.481 e. The van der Waals surface area contributed by atoms with Gasteiger partial charge in [-0.1, -0.05) is 47.6 Å². The molecule has 0 aliphatic carbocycles. The normalized spacial score (nSPS) is 10.8. The number of anilines is 2. The van der Waals surface area contributed by atoms with Crippen molar-refractivity contribution in [1.82, 2.24) is 20.5 Å². The van der Waals surface area contributed by atoms with E-state index in [1.54, 1.807) is 13.3 Å². The molecule has 0 saturated heterocycles. The second-order valence-electron chi connectivity index (χ2n) is 7.17. The fourth-order valence-corrected chi connectivity index (χ4v) is 3.48. The molecular formula is C24H25N5O3. The lowest BCUT2D eigenvalue weighted by atomic mass is 9.96. The third-order valence-corrected chi connectivity index (χ3v) is 5.05. The number of hydrogen-bond acceptors (Lipinski definition) is 8. The minimum atomic E-state index is 0.0589. The quantitative estimate of drug-likeness (QED) is 0.342. The molecule has 0 aliphatic heterocycles. The average molecular weight is 431 g/mol. The van der Waals surface area contributed by atoms with Crippen molar-refractivity contribution < 1.29 is 14.3 Å². The molecule has 0 amide bonds. The van der Waals surface area contributed by atoms with Crippen LogP contribution >= 0.6 is 0 Å². The first-order valence-electron chi connectivity index (χ1n) is 10.3. The van der Waals surface area contributed by atoms with Crippen molar-refractivity contribution in [3.8, 4) is 28.5 Å². The van der Waals surface area contributed by atoms with E-state index in [2.05, 4.69) is 44.0 Å². The average Bonchev–Trinajstić information content (AvgIpc) is 3.28. The number of nitrogens with one attached hydrogen (secondary N) is 2. The number of nitrogens with zero attached hydrogens (tertiary/aromatic N) is 3. The number of hydrogen-bond donors (Lipinski definition) is 3. The van der Waals surface area contributed by atoms with Crippen molar-refractivity contribution in [1.29, 1.82) is 0 Å². The van der Waals surface area contributed by atoms with E-state index in [9.17, 15) is 0 Å². The van der Waals surface area contributed by atoms with Gasteiger partial charge in [0.1, 0.15) is 0 Å². The molecule has 0 spiro atoms. The summed E-state index contributed by atoms with van der Waals surface area (Å²) in [5.41, 5.74) is 5.74. The third-order valence-electron chi connectivity index (χ3n) is 5.05. The maximum absolute atomic E-state index is 8.97. The lowest BCUT2D eigenvalue weighted by Gasteiger charge is -2.10. The van der Waals surface area contributed by atoms with Gasteiger partial charge in [0.05, 0.1) is 25.6 Å². The summed E-state index contributed by atoms with van der Waals surface area (Å²) in [5, 5.41) is 23.6. The molecule has 0 atom stereocenters. The van der Waals surface area contributed by atoms with E-state index in [4.69, 9.17) is 14.3 Å². The lowest BCUT2D eigenvalue weighted by Crippen LogP contribution is -2.18. The Labute approximate surface area is 186 Å². The highest BCUT2D eigenvalue weighted by molar-refractivity contribution is 5.75. The van der Waals surface area contributed by atoms with Crippen LogP contribution in [0.4, 0.5) is 11.7 Å². The molecule has 0 fully saturated rings. The molecule has 0 bridgehead atoms. The van der Waals surface area contributed by atoms with Gasteiger partial charge >= 0.3 is 6.01 Å². The Hall–Kier alpha value is -3.75. The summed E-state index contributed by atoms with van der Waals surface area (Å²) in [6.07, 6.45) is 1.64.